The van der Waals surface area contributed by atoms with Crippen molar-refractivity contribution in [2.24, 2.45) is 29.6 Å². The average molecular weight is 238 g/mol. The van der Waals surface area contributed by atoms with E-state index in [0.29, 0.717) is 18.8 Å². The number of fused-ring (bicyclic) bond motifs is 1. The normalized spacial score (nSPS) is 41.3. The number of hydrogen-bond donors (Lipinski definition) is 1. The number of hydrogen-bond acceptors (Lipinski definition) is 3. The van der Waals surface area contributed by atoms with E-state index in [1.807, 2.05) is 0 Å². The molecule has 2 aliphatic carbocycles. The third kappa shape index (κ3) is 2.40. The van der Waals surface area contributed by atoms with Gasteiger partial charge in [0.25, 0.3) is 0 Å². The van der Waals surface area contributed by atoms with Crippen LogP contribution in [0.1, 0.15) is 32.1 Å². The minimum absolute atomic E-state index is 0.0658. The van der Waals surface area contributed by atoms with E-state index in [1.165, 1.54) is 0 Å². The summed E-state index contributed by atoms with van der Waals surface area (Å²) in [7, 11) is 0. The molecular formula is C13H18O4. The van der Waals surface area contributed by atoms with E-state index in [4.69, 9.17) is 5.11 Å². The zero-order valence-electron chi connectivity index (χ0n) is 9.75. The molecule has 0 aromatic rings. The first-order chi connectivity index (χ1) is 8.15. The molecule has 0 bridgehead atoms. The second-order valence-electron chi connectivity index (χ2n) is 5.44. The van der Waals surface area contributed by atoms with Gasteiger partial charge in [0.2, 0.25) is 0 Å². The number of carbonyl (C=O) groups is 3. The SMILES string of the molecule is O=CC1CCC2C(C=O)CC(C(=O)O)CC2C1. The van der Waals surface area contributed by atoms with Crippen molar-refractivity contribution in [1.29, 1.82) is 0 Å². The number of aldehydes is 2. The number of carboxylic acids is 1. The Hall–Kier alpha value is -1.19. The first-order valence-corrected chi connectivity index (χ1v) is 6.29. The van der Waals surface area contributed by atoms with E-state index in [0.717, 1.165) is 31.8 Å². The van der Waals surface area contributed by atoms with Gasteiger partial charge < -0.3 is 14.7 Å². The van der Waals surface area contributed by atoms with Crippen molar-refractivity contribution in [2.45, 2.75) is 32.1 Å². The Morgan fingerprint density at radius 1 is 1.06 bits per heavy atom. The molecule has 0 amide bonds. The van der Waals surface area contributed by atoms with E-state index in [1.54, 1.807) is 0 Å². The number of aliphatic carboxylic acids is 1. The van der Waals surface area contributed by atoms with Crippen LogP contribution in [0.15, 0.2) is 0 Å². The summed E-state index contributed by atoms with van der Waals surface area (Å²) in [6.07, 6.45) is 5.53. The van der Waals surface area contributed by atoms with E-state index < -0.39 is 11.9 Å². The minimum Gasteiger partial charge on any atom is -0.481 e. The summed E-state index contributed by atoms with van der Waals surface area (Å²) in [5.74, 6) is -0.720. The molecule has 94 valence electrons. The van der Waals surface area contributed by atoms with Crippen LogP contribution in [0, 0.1) is 29.6 Å². The molecule has 0 heterocycles. The van der Waals surface area contributed by atoms with Crippen LogP contribution in [0.4, 0.5) is 0 Å². The van der Waals surface area contributed by atoms with Crippen LogP contribution < -0.4 is 0 Å². The molecule has 1 N–H and O–H groups in total. The molecule has 0 aliphatic heterocycles. The van der Waals surface area contributed by atoms with Gasteiger partial charge in [-0.2, -0.15) is 0 Å². The van der Waals surface area contributed by atoms with Crippen molar-refractivity contribution in [3.8, 4) is 0 Å². The molecule has 2 fully saturated rings. The van der Waals surface area contributed by atoms with Crippen molar-refractivity contribution >= 4 is 18.5 Å². The van der Waals surface area contributed by atoms with Gasteiger partial charge in [0.15, 0.2) is 0 Å². The predicted molar refractivity (Wildman–Crippen MR) is 60.3 cm³/mol. The summed E-state index contributed by atoms with van der Waals surface area (Å²) >= 11 is 0. The molecule has 5 unspecified atom stereocenters. The van der Waals surface area contributed by atoms with Gasteiger partial charge in [-0.1, -0.05) is 0 Å². The van der Waals surface area contributed by atoms with Gasteiger partial charge in [0.05, 0.1) is 5.92 Å². The molecule has 0 aromatic carbocycles. The lowest BCUT2D eigenvalue weighted by Crippen LogP contribution is -2.40. The van der Waals surface area contributed by atoms with Gasteiger partial charge in [0, 0.05) is 11.8 Å². The molecule has 0 saturated heterocycles. The third-order valence-corrected chi connectivity index (χ3v) is 4.49. The van der Waals surface area contributed by atoms with Crippen LogP contribution in [0.25, 0.3) is 0 Å². The molecule has 2 saturated carbocycles. The van der Waals surface area contributed by atoms with E-state index in [9.17, 15) is 14.4 Å². The van der Waals surface area contributed by atoms with Crippen LogP contribution in [0.5, 0.6) is 0 Å². The maximum Gasteiger partial charge on any atom is 0.306 e. The molecule has 0 radical (unpaired) electrons. The van der Waals surface area contributed by atoms with Crippen LogP contribution in [-0.2, 0) is 14.4 Å². The highest BCUT2D eigenvalue weighted by Gasteiger charge is 2.42. The zero-order chi connectivity index (χ0) is 12.4. The number of carbonyl (C=O) groups excluding carboxylic acids is 2. The smallest absolute Gasteiger partial charge is 0.306 e. The van der Waals surface area contributed by atoms with Crippen molar-refractivity contribution in [3.05, 3.63) is 0 Å². The lowest BCUT2D eigenvalue weighted by molar-refractivity contribution is -0.146. The summed E-state index contributed by atoms with van der Waals surface area (Å²) in [5, 5.41) is 9.08. The monoisotopic (exact) mass is 238 g/mol. The first kappa shape index (κ1) is 12.3. The molecular weight excluding hydrogens is 220 g/mol. The fourth-order valence-corrected chi connectivity index (χ4v) is 3.61. The Kier molecular flexibility index (Phi) is 3.60. The largest absolute Gasteiger partial charge is 0.481 e. The average Bonchev–Trinajstić information content (AvgIpc) is 2.36. The Morgan fingerprint density at radius 3 is 2.41 bits per heavy atom. The molecule has 4 heteroatoms. The van der Waals surface area contributed by atoms with E-state index in [-0.39, 0.29) is 17.8 Å². The van der Waals surface area contributed by atoms with Crippen molar-refractivity contribution in [1.82, 2.24) is 0 Å². The van der Waals surface area contributed by atoms with Crippen molar-refractivity contribution in [3.63, 3.8) is 0 Å². The van der Waals surface area contributed by atoms with Crippen molar-refractivity contribution in [2.75, 3.05) is 0 Å². The second-order valence-corrected chi connectivity index (χ2v) is 5.44. The third-order valence-electron chi connectivity index (χ3n) is 4.49. The van der Waals surface area contributed by atoms with Crippen LogP contribution >= 0.6 is 0 Å². The lowest BCUT2D eigenvalue weighted by Gasteiger charge is -2.43. The standard InChI is InChI=1S/C13H18O4/c14-6-8-1-2-12-9(3-8)4-10(13(16)17)5-11(12)7-15/h6-12H,1-5H2,(H,16,17). The highest BCUT2D eigenvalue weighted by atomic mass is 16.4. The topological polar surface area (TPSA) is 71.4 Å². The highest BCUT2D eigenvalue weighted by molar-refractivity contribution is 5.71. The number of carboxylic acid groups (broad SMARTS) is 1. The number of rotatable bonds is 3. The molecule has 5 atom stereocenters. The Labute approximate surface area is 100 Å². The summed E-state index contributed by atoms with van der Waals surface area (Å²) in [4.78, 5) is 32.9. The lowest BCUT2D eigenvalue weighted by atomic mass is 9.61. The molecule has 17 heavy (non-hydrogen) atoms. The zero-order valence-corrected chi connectivity index (χ0v) is 9.75. The molecule has 0 spiro atoms. The summed E-state index contributed by atoms with van der Waals surface area (Å²) in [6.45, 7) is 0. The summed E-state index contributed by atoms with van der Waals surface area (Å²) < 4.78 is 0. The Bertz CT molecular complexity index is 325. The summed E-state index contributed by atoms with van der Waals surface area (Å²) in [6, 6.07) is 0. The first-order valence-electron chi connectivity index (χ1n) is 6.29. The van der Waals surface area contributed by atoms with Gasteiger partial charge in [0.1, 0.15) is 12.6 Å². The van der Waals surface area contributed by atoms with Gasteiger partial charge >= 0.3 is 5.97 Å². The fraction of sp³-hybridized carbons (Fsp3) is 0.769. The highest BCUT2D eigenvalue weighted by Crippen LogP contribution is 2.46. The molecule has 2 aliphatic rings. The molecule has 0 aromatic heterocycles. The predicted octanol–water partition coefficient (Wildman–Crippen LogP) is 1.53. The van der Waals surface area contributed by atoms with Gasteiger partial charge in [-0.15, -0.1) is 0 Å². The maximum absolute atomic E-state index is 11.1. The summed E-state index contributed by atoms with van der Waals surface area (Å²) in [5.41, 5.74) is 0. The second kappa shape index (κ2) is 4.98. The maximum atomic E-state index is 11.1. The molecule has 2 rings (SSSR count). The van der Waals surface area contributed by atoms with Gasteiger partial charge in [-0.3, -0.25) is 4.79 Å². The van der Waals surface area contributed by atoms with Crippen LogP contribution in [0.2, 0.25) is 0 Å². The fourth-order valence-electron chi connectivity index (χ4n) is 3.61. The van der Waals surface area contributed by atoms with Crippen molar-refractivity contribution < 1.29 is 19.5 Å². The van der Waals surface area contributed by atoms with Crippen LogP contribution in [0.3, 0.4) is 0 Å². The van der Waals surface area contributed by atoms with Gasteiger partial charge in [-0.25, -0.2) is 0 Å². The minimum atomic E-state index is -0.802. The molecule has 4 nitrogen and oxygen atoms in total. The van der Waals surface area contributed by atoms with Crippen LogP contribution in [-0.4, -0.2) is 23.6 Å². The Balaban J connectivity index is 2.11. The van der Waals surface area contributed by atoms with E-state index in [2.05, 4.69) is 0 Å². The quantitative estimate of drug-likeness (QED) is 0.757. The van der Waals surface area contributed by atoms with Gasteiger partial charge in [-0.05, 0) is 43.9 Å². The van der Waals surface area contributed by atoms with E-state index >= 15 is 0 Å². The Morgan fingerprint density at radius 2 is 1.82 bits per heavy atom.